The van der Waals surface area contributed by atoms with Crippen LogP contribution in [0.15, 0.2) is 24.3 Å². The van der Waals surface area contributed by atoms with Gasteiger partial charge in [0.25, 0.3) is 0 Å². The minimum absolute atomic E-state index is 0.0927. The summed E-state index contributed by atoms with van der Waals surface area (Å²) in [6.07, 6.45) is 2.27. The third-order valence-corrected chi connectivity index (χ3v) is 2.88. The Kier molecular flexibility index (Phi) is 3.64. The number of nitrogens with one attached hydrogen (secondary N) is 1. The van der Waals surface area contributed by atoms with E-state index in [-0.39, 0.29) is 18.1 Å². The molecule has 2 rings (SSSR count). The number of rotatable bonds is 3. The van der Waals surface area contributed by atoms with Gasteiger partial charge in [-0.05, 0) is 43.5 Å². The molecule has 1 amide bonds. The van der Waals surface area contributed by atoms with Crippen LogP contribution in [-0.2, 0) is 4.79 Å². The molecule has 1 aliphatic carbocycles. The number of benzene rings is 1. The number of aliphatic hydroxyl groups excluding tert-OH is 1. The average Bonchev–Trinajstić information content (AvgIpc) is 2.67. The van der Waals surface area contributed by atoms with E-state index in [1.807, 2.05) is 0 Å². The maximum Gasteiger partial charge on any atom is 0.221 e. The quantitative estimate of drug-likeness (QED) is 0.841. The van der Waals surface area contributed by atoms with Gasteiger partial charge in [0.15, 0.2) is 0 Å². The van der Waals surface area contributed by atoms with Gasteiger partial charge in [-0.2, -0.15) is 0 Å². The van der Waals surface area contributed by atoms with E-state index in [0.29, 0.717) is 0 Å². The summed E-state index contributed by atoms with van der Waals surface area (Å²) in [6, 6.07) is 7.18. The maximum atomic E-state index is 10.8. The smallest absolute Gasteiger partial charge is 0.221 e. The van der Waals surface area contributed by atoms with Crippen LogP contribution in [0.4, 0.5) is 5.69 Å². The fourth-order valence-corrected chi connectivity index (χ4v) is 2.04. The number of carbonyl (C=O) groups is 1. The van der Waals surface area contributed by atoms with E-state index in [2.05, 4.69) is 5.32 Å². The van der Waals surface area contributed by atoms with Gasteiger partial charge in [-0.1, -0.05) is 0 Å². The van der Waals surface area contributed by atoms with E-state index in [9.17, 15) is 9.90 Å². The molecule has 0 spiro atoms. The summed E-state index contributed by atoms with van der Waals surface area (Å²) in [7, 11) is 0. The van der Waals surface area contributed by atoms with Crippen LogP contribution >= 0.6 is 0 Å². The molecule has 0 radical (unpaired) electrons. The molecule has 0 unspecified atom stereocenters. The molecule has 0 saturated heterocycles. The molecule has 0 heterocycles. The monoisotopic (exact) mass is 235 g/mol. The molecule has 2 N–H and O–H groups in total. The summed E-state index contributed by atoms with van der Waals surface area (Å²) in [6.45, 7) is 1.47. The van der Waals surface area contributed by atoms with E-state index >= 15 is 0 Å². The van der Waals surface area contributed by atoms with Gasteiger partial charge >= 0.3 is 0 Å². The standard InChI is InChI=1S/C13H17NO3/c1-9(15)14-10-5-7-11(8-6-10)17-13-4-2-3-12(13)16/h5-8,12-13,16H,2-4H2,1H3,(H,14,15)/t12-,13-/m1/s1. The fraction of sp³-hybridized carbons (Fsp3) is 0.462. The Hall–Kier alpha value is -1.55. The Morgan fingerprint density at radius 3 is 2.59 bits per heavy atom. The first-order chi connectivity index (χ1) is 8.15. The highest BCUT2D eigenvalue weighted by Gasteiger charge is 2.26. The zero-order valence-electron chi connectivity index (χ0n) is 9.85. The van der Waals surface area contributed by atoms with Crippen molar-refractivity contribution in [2.24, 2.45) is 0 Å². The Bertz CT molecular complexity index is 388. The molecular formula is C13H17NO3. The number of anilines is 1. The van der Waals surface area contributed by atoms with Gasteiger partial charge in [0.1, 0.15) is 11.9 Å². The van der Waals surface area contributed by atoms with Crippen LogP contribution in [0.25, 0.3) is 0 Å². The second-order valence-corrected chi connectivity index (χ2v) is 4.36. The number of ether oxygens (including phenoxy) is 1. The molecule has 0 aromatic heterocycles. The number of hydrogen-bond acceptors (Lipinski definition) is 3. The van der Waals surface area contributed by atoms with Crippen LogP contribution < -0.4 is 10.1 Å². The number of hydrogen-bond donors (Lipinski definition) is 2. The lowest BCUT2D eigenvalue weighted by Gasteiger charge is -2.17. The van der Waals surface area contributed by atoms with E-state index < -0.39 is 0 Å². The van der Waals surface area contributed by atoms with Crippen LogP contribution in [0, 0.1) is 0 Å². The molecule has 1 aliphatic rings. The molecule has 1 fully saturated rings. The lowest BCUT2D eigenvalue weighted by Crippen LogP contribution is -2.25. The van der Waals surface area contributed by atoms with Crippen LogP contribution in [-0.4, -0.2) is 23.2 Å². The van der Waals surface area contributed by atoms with Crippen molar-refractivity contribution in [3.05, 3.63) is 24.3 Å². The van der Waals surface area contributed by atoms with Crippen molar-refractivity contribution in [1.29, 1.82) is 0 Å². The van der Waals surface area contributed by atoms with Gasteiger partial charge in [-0.25, -0.2) is 0 Å². The van der Waals surface area contributed by atoms with Crippen molar-refractivity contribution in [3.63, 3.8) is 0 Å². The molecule has 92 valence electrons. The van der Waals surface area contributed by atoms with Crippen molar-refractivity contribution < 1.29 is 14.6 Å². The lowest BCUT2D eigenvalue weighted by atomic mass is 10.2. The molecule has 1 saturated carbocycles. The SMILES string of the molecule is CC(=O)Nc1ccc(O[C@@H]2CCC[C@H]2O)cc1. The minimum atomic E-state index is -0.356. The largest absolute Gasteiger partial charge is 0.488 e. The normalized spacial score (nSPS) is 23.4. The molecule has 0 aliphatic heterocycles. The molecule has 1 aromatic carbocycles. The molecular weight excluding hydrogens is 218 g/mol. The molecule has 4 heteroatoms. The summed E-state index contributed by atoms with van der Waals surface area (Å²) < 4.78 is 5.68. The topological polar surface area (TPSA) is 58.6 Å². The van der Waals surface area contributed by atoms with E-state index in [1.165, 1.54) is 6.92 Å². The summed E-state index contributed by atoms with van der Waals surface area (Å²) in [5.41, 5.74) is 0.747. The molecule has 1 aromatic rings. The highest BCUT2D eigenvalue weighted by atomic mass is 16.5. The van der Waals surface area contributed by atoms with Crippen LogP contribution in [0.5, 0.6) is 5.75 Å². The van der Waals surface area contributed by atoms with Crippen LogP contribution in [0.2, 0.25) is 0 Å². The maximum absolute atomic E-state index is 10.8. The lowest BCUT2D eigenvalue weighted by molar-refractivity contribution is -0.114. The van der Waals surface area contributed by atoms with Gasteiger partial charge in [-0.15, -0.1) is 0 Å². The predicted octanol–water partition coefficient (Wildman–Crippen LogP) is 1.94. The fourth-order valence-electron chi connectivity index (χ4n) is 2.04. The Labute approximate surface area is 101 Å². The summed E-state index contributed by atoms with van der Waals surface area (Å²) >= 11 is 0. The number of aliphatic hydroxyl groups is 1. The number of carbonyl (C=O) groups excluding carboxylic acids is 1. The zero-order valence-corrected chi connectivity index (χ0v) is 9.85. The van der Waals surface area contributed by atoms with E-state index in [4.69, 9.17) is 4.74 Å². The first-order valence-electron chi connectivity index (χ1n) is 5.87. The third-order valence-electron chi connectivity index (χ3n) is 2.88. The molecule has 2 atom stereocenters. The van der Waals surface area contributed by atoms with Crippen molar-refractivity contribution in [2.45, 2.75) is 38.4 Å². The third kappa shape index (κ3) is 3.20. The van der Waals surface area contributed by atoms with Gasteiger partial charge < -0.3 is 15.2 Å². The van der Waals surface area contributed by atoms with Crippen LogP contribution in [0.3, 0.4) is 0 Å². The predicted molar refractivity (Wildman–Crippen MR) is 65.0 cm³/mol. The summed E-state index contributed by atoms with van der Waals surface area (Å²) in [4.78, 5) is 10.8. The Morgan fingerprint density at radius 1 is 1.35 bits per heavy atom. The highest BCUT2D eigenvalue weighted by molar-refractivity contribution is 5.88. The minimum Gasteiger partial charge on any atom is -0.488 e. The van der Waals surface area contributed by atoms with Crippen molar-refractivity contribution in [2.75, 3.05) is 5.32 Å². The number of amides is 1. The van der Waals surface area contributed by atoms with Crippen molar-refractivity contribution in [1.82, 2.24) is 0 Å². The van der Waals surface area contributed by atoms with E-state index in [0.717, 1.165) is 30.7 Å². The van der Waals surface area contributed by atoms with E-state index in [1.54, 1.807) is 24.3 Å². The Morgan fingerprint density at radius 2 is 2.06 bits per heavy atom. The first kappa shape index (κ1) is 11.9. The first-order valence-corrected chi connectivity index (χ1v) is 5.87. The van der Waals surface area contributed by atoms with Gasteiger partial charge in [0.2, 0.25) is 5.91 Å². The Balaban J connectivity index is 1.95. The summed E-state index contributed by atoms with van der Waals surface area (Å²) in [5.74, 6) is 0.634. The van der Waals surface area contributed by atoms with Crippen molar-refractivity contribution >= 4 is 11.6 Å². The molecule has 0 bridgehead atoms. The highest BCUT2D eigenvalue weighted by Crippen LogP contribution is 2.25. The second kappa shape index (κ2) is 5.19. The molecule has 17 heavy (non-hydrogen) atoms. The molecule has 4 nitrogen and oxygen atoms in total. The van der Waals surface area contributed by atoms with Crippen molar-refractivity contribution in [3.8, 4) is 5.75 Å². The zero-order chi connectivity index (χ0) is 12.3. The van der Waals surface area contributed by atoms with Gasteiger partial charge in [0, 0.05) is 12.6 Å². The average molecular weight is 235 g/mol. The van der Waals surface area contributed by atoms with Gasteiger partial charge in [0.05, 0.1) is 6.10 Å². The van der Waals surface area contributed by atoms with Gasteiger partial charge in [-0.3, -0.25) is 4.79 Å². The van der Waals surface area contributed by atoms with Crippen LogP contribution in [0.1, 0.15) is 26.2 Å². The second-order valence-electron chi connectivity index (χ2n) is 4.36. The summed E-state index contributed by atoms with van der Waals surface area (Å²) in [5, 5.41) is 12.3.